The first-order valence-electron chi connectivity index (χ1n) is 14.0. The van der Waals surface area contributed by atoms with Crippen molar-refractivity contribution in [3.05, 3.63) is 0 Å². The molecule has 4 aliphatic carbocycles. The van der Waals surface area contributed by atoms with Crippen LogP contribution in [0.25, 0.3) is 0 Å². The highest BCUT2D eigenvalue weighted by molar-refractivity contribution is 6.73. The lowest BCUT2D eigenvalue weighted by atomic mass is 9.44. The normalized spacial score (nSPS) is 47.0. The van der Waals surface area contributed by atoms with Crippen molar-refractivity contribution in [2.45, 2.75) is 136 Å². The molecule has 0 spiro atoms. The molecule has 0 saturated heterocycles. The molecule has 0 unspecified atom stereocenters. The van der Waals surface area contributed by atoms with Crippen molar-refractivity contribution in [3.63, 3.8) is 0 Å². The van der Waals surface area contributed by atoms with Gasteiger partial charge in [-0.15, -0.1) is 0 Å². The van der Waals surface area contributed by atoms with E-state index in [0.717, 1.165) is 24.2 Å². The minimum atomic E-state index is -1.53. The Hall–Kier alpha value is 0.0969. The van der Waals surface area contributed by atoms with Gasteiger partial charge in [0.25, 0.3) is 0 Å². The predicted molar refractivity (Wildman–Crippen MR) is 135 cm³/mol. The molecule has 3 nitrogen and oxygen atoms in total. The average molecular weight is 465 g/mol. The van der Waals surface area contributed by atoms with Gasteiger partial charge < -0.3 is 14.6 Å². The van der Waals surface area contributed by atoms with E-state index in [2.05, 4.69) is 34.6 Å². The second kappa shape index (κ2) is 8.64. The molecule has 0 amide bonds. The molecule has 0 aromatic carbocycles. The van der Waals surface area contributed by atoms with Crippen molar-refractivity contribution < 1.29 is 14.6 Å². The van der Waals surface area contributed by atoms with Crippen molar-refractivity contribution >= 4 is 8.32 Å². The van der Waals surface area contributed by atoms with Gasteiger partial charge >= 0.3 is 0 Å². The maximum atomic E-state index is 11.0. The molecule has 4 saturated carbocycles. The SMILES string of the molecule is CC[Si](CC)(CC)O[C@H]1CC[C@@]2(C)[C@@H](CC[C@@H]3[C@@H]2CC[C@@]2(C)[C@H]3C[C@@H](O)[C@H]2C(C)(C)O)C1. The Morgan fingerprint density at radius 3 is 2.09 bits per heavy atom. The van der Waals surface area contributed by atoms with Crippen LogP contribution in [0.2, 0.25) is 18.1 Å². The molecular weight excluding hydrogens is 412 g/mol. The number of hydrogen-bond acceptors (Lipinski definition) is 3. The van der Waals surface area contributed by atoms with Crippen LogP contribution in [0.15, 0.2) is 0 Å². The fourth-order valence-corrected chi connectivity index (χ4v) is 12.9. The third-order valence-electron chi connectivity index (χ3n) is 11.8. The average Bonchev–Trinajstić information content (AvgIpc) is 3.02. The van der Waals surface area contributed by atoms with Gasteiger partial charge in [-0.25, -0.2) is 0 Å². The summed E-state index contributed by atoms with van der Waals surface area (Å²) in [5.74, 6) is 2.90. The topological polar surface area (TPSA) is 49.7 Å². The fraction of sp³-hybridized carbons (Fsp3) is 1.00. The van der Waals surface area contributed by atoms with Crippen molar-refractivity contribution in [2.24, 2.45) is 40.4 Å². The van der Waals surface area contributed by atoms with Crippen LogP contribution < -0.4 is 0 Å². The number of aliphatic hydroxyl groups is 2. The maximum Gasteiger partial charge on any atom is 0.192 e. The minimum absolute atomic E-state index is 0.00540. The highest BCUT2D eigenvalue weighted by atomic mass is 28.4. The van der Waals surface area contributed by atoms with Crippen molar-refractivity contribution in [1.29, 1.82) is 0 Å². The van der Waals surface area contributed by atoms with Crippen molar-refractivity contribution in [2.75, 3.05) is 0 Å². The van der Waals surface area contributed by atoms with E-state index < -0.39 is 13.9 Å². The van der Waals surface area contributed by atoms with Gasteiger partial charge in [0, 0.05) is 12.0 Å². The molecule has 4 aliphatic rings. The second-order valence-electron chi connectivity index (χ2n) is 13.4. The van der Waals surface area contributed by atoms with Crippen LogP contribution >= 0.6 is 0 Å². The number of fused-ring (bicyclic) bond motifs is 5. The molecule has 0 aromatic heterocycles. The lowest BCUT2D eigenvalue weighted by Gasteiger charge is -2.61. The predicted octanol–water partition coefficient (Wildman–Crippen LogP) is 6.78. The van der Waals surface area contributed by atoms with E-state index in [0.29, 0.717) is 17.4 Å². The summed E-state index contributed by atoms with van der Waals surface area (Å²) in [6.07, 6.45) is 10.0. The first-order valence-corrected chi connectivity index (χ1v) is 16.5. The van der Waals surface area contributed by atoms with Gasteiger partial charge in [0.05, 0.1) is 11.7 Å². The molecule has 0 aromatic rings. The number of hydrogen-bond donors (Lipinski definition) is 2. The van der Waals surface area contributed by atoms with E-state index in [-0.39, 0.29) is 17.4 Å². The second-order valence-corrected chi connectivity index (χ2v) is 18.1. The van der Waals surface area contributed by atoms with E-state index >= 15 is 0 Å². The van der Waals surface area contributed by atoms with Crippen LogP contribution in [0.4, 0.5) is 0 Å². The maximum absolute atomic E-state index is 11.0. The molecule has 0 aliphatic heterocycles. The number of aliphatic hydroxyl groups excluding tert-OH is 1. The Balaban J connectivity index is 1.51. The van der Waals surface area contributed by atoms with Crippen LogP contribution in [0.3, 0.4) is 0 Å². The molecular formula is C28H52O3Si. The van der Waals surface area contributed by atoms with E-state index in [1.165, 1.54) is 63.1 Å². The van der Waals surface area contributed by atoms with Crippen molar-refractivity contribution in [1.82, 2.24) is 0 Å². The molecule has 4 heteroatoms. The van der Waals surface area contributed by atoms with Gasteiger partial charge in [0.1, 0.15) is 0 Å². The van der Waals surface area contributed by atoms with Crippen LogP contribution in [-0.4, -0.2) is 36.3 Å². The monoisotopic (exact) mass is 464 g/mol. The molecule has 4 rings (SSSR count). The summed E-state index contributed by atoms with van der Waals surface area (Å²) in [5.41, 5.74) is -0.284. The lowest BCUT2D eigenvalue weighted by molar-refractivity contribution is -0.144. The Labute approximate surface area is 199 Å². The zero-order valence-corrected chi connectivity index (χ0v) is 23.1. The molecule has 186 valence electrons. The van der Waals surface area contributed by atoms with Gasteiger partial charge in [0.15, 0.2) is 8.32 Å². The highest BCUT2D eigenvalue weighted by Gasteiger charge is 2.64. The quantitative estimate of drug-likeness (QED) is 0.426. The van der Waals surface area contributed by atoms with Crippen LogP contribution in [0, 0.1) is 40.4 Å². The Bertz CT molecular complexity index is 662. The third kappa shape index (κ3) is 3.87. The third-order valence-corrected chi connectivity index (χ3v) is 16.5. The highest BCUT2D eigenvalue weighted by Crippen LogP contribution is 2.68. The van der Waals surface area contributed by atoms with Gasteiger partial charge in [-0.05, 0) is 118 Å². The van der Waals surface area contributed by atoms with E-state index in [1.54, 1.807) is 0 Å². The standard InChI is InChI=1S/C28H52O3Si/c1-8-32(9-2,10-3)31-20-13-15-27(6)19(17-20)11-12-21-22(27)14-16-28(7)23(21)18-24(29)25(28)26(4,5)30/h19-25,29-30H,8-18H2,1-7H3/t19-,20-,21+,22-,23-,24+,25-,27-,28-/m0/s1. The van der Waals surface area contributed by atoms with Crippen molar-refractivity contribution in [3.8, 4) is 0 Å². The summed E-state index contributed by atoms with van der Waals surface area (Å²) >= 11 is 0. The van der Waals surface area contributed by atoms with Crippen LogP contribution in [0.5, 0.6) is 0 Å². The van der Waals surface area contributed by atoms with Crippen LogP contribution in [-0.2, 0) is 4.43 Å². The summed E-state index contributed by atoms with van der Waals surface area (Å²) in [6.45, 7) is 15.9. The number of rotatable bonds is 6. The van der Waals surface area contributed by atoms with Gasteiger partial charge in [-0.1, -0.05) is 34.6 Å². The Kier molecular flexibility index (Phi) is 6.80. The molecule has 4 fully saturated rings. The Morgan fingerprint density at radius 1 is 0.875 bits per heavy atom. The van der Waals surface area contributed by atoms with Gasteiger partial charge in [-0.3, -0.25) is 0 Å². The van der Waals surface area contributed by atoms with Crippen LogP contribution in [0.1, 0.15) is 99.8 Å². The first kappa shape index (κ1) is 25.2. The zero-order chi connectivity index (χ0) is 23.5. The minimum Gasteiger partial charge on any atom is -0.414 e. The smallest absolute Gasteiger partial charge is 0.192 e. The fourth-order valence-electron chi connectivity index (χ4n) is 9.97. The van der Waals surface area contributed by atoms with Gasteiger partial charge in [-0.2, -0.15) is 0 Å². The molecule has 0 bridgehead atoms. The largest absolute Gasteiger partial charge is 0.414 e. The summed E-state index contributed by atoms with van der Waals surface area (Å²) in [5, 5.41) is 22.0. The zero-order valence-electron chi connectivity index (χ0n) is 22.1. The lowest BCUT2D eigenvalue weighted by Crippen LogP contribution is -2.56. The van der Waals surface area contributed by atoms with Gasteiger partial charge in [0.2, 0.25) is 0 Å². The Morgan fingerprint density at radius 2 is 1.50 bits per heavy atom. The first-order chi connectivity index (χ1) is 14.9. The molecule has 9 atom stereocenters. The molecule has 2 N–H and O–H groups in total. The summed E-state index contributed by atoms with van der Waals surface area (Å²) in [7, 11) is -1.53. The van der Waals surface area contributed by atoms with E-state index in [1.807, 2.05) is 13.8 Å². The molecule has 0 radical (unpaired) electrons. The molecule has 0 heterocycles. The summed E-state index contributed by atoms with van der Waals surface area (Å²) < 4.78 is 6.99. The summed E-state index contributed by atoms with van der Waals surface area (Å²) in [4.78, 5) is 0. The summed E-state index contributed by atoms with van der Waals surface area (Å²) in [6, 6.07) is 3.77. The van der Waals surface area contributed by atoms with E-state index in [4.69, 9.17) is 4.43 Å². The molecule has 32 heavy (non-hydrogen) atoms. The van der Waals surface area contributed by atoms with E-state index in [9.17, 15) is 10.2 Å².